The van der Waals surface area contributed by atoms with Crippen molar-refractivity contribution in [3.05, 3.63) is 53.7 Å². The molecule has 0 saturated carbocycles. The molecule has 0 aliphatic carbocycles. The van der Waals surface area contributed by atoms with E-state index in [-0.39, 0.29) is 11.8 Å². The average Bonchev–Trinajstić information content (AvgIpc) is 2.60. The van der Waals surface area contributed by atoms with Crippen LogP contribution in [0.1, 0.15) is 43.6 Å². The third kappa shape index (κ3) is 5.58. The highest BCUT2D eigenvalue weighted by Gasteiger charge is 2.21. The first kappa shape index (κ1) is 19.4. The summed E-state index contributed by atoms with van der Waals surface area (Å²) in [6.07, 6.45) is 1.65. The van der Waals surface area contributed by atoms with Crippen LogP contribution >= 0.6 is 0 Å². The number of hydrogen-bond acceptors (Lipinski definition) is 4. The van der Waals surface area contributed by atoms with Crippen LogP contribution in [0.15, 0.2) is 42.6 Å². The fraction of sp³-hybridized carbons (Fsp3) is 0.350. The highest BCUT2D eigenvalue weighted by Crippen LogP contribution is 2.18. The quantitative estimate of drug-likeness (QED) is 0.832. The lowest BCUT2D eigenvalue weighted by atomic mass is 9.95. The lowest BCUT2D eigenvalue weighted by molar-refractivity contribution is -0.123. The topological polar surface area (TPSA) is 80.3 Å². The van der Waals surface area contributed by atoms with Crippen LogP contribution in [-0.2, 0) is 11.3 Å². The zero-order chi connectivity index (χ0) is 19.2. The molecule has 0 aliphatic rings. The van der Waals surface area contributed by atoms with Gasteiger partial charge in [-0.25, -0.2) is 4.98 Å². The molecule has 2 aromatic rings. The number of benzene rings is 1. The van der Waals surface area contributed by atoms with Crippen LogP contribution in [0, 0.1) is 5.41 Å². The third-order valence-corrected chi connectivity index (χ3v) is 3.61. The molecule has 0 aliphatic heterocycles. The predicted octanol–water partition coefficient (Wildman–Crippen LogP) is 3.39. The largest absolute Gasteiger partial charge is 0.478 e. The average molecular weight is 355 g/mol. The van der Waals surface area contributed by atoms with Gasteiger partial charge in [-0.15, -0.1) is 0 Å². The first-order valence-corrected chi connectivity index (χ1v) is 8.57. The minimum atomic E-state index is -0.502. The molecule has 26 heavy (non-hydrogen) atoms. The van der Waals surface area contributed by atoms with E-state index in [0.717, 1.165) is 5.56 Å². The zero-order valence-electron chi connectivity index (χ0n) is 15.6. The smallest absolute Gasteiger partial charge is 0.251 e. The van der Waals surface area contributed by atoms with Gasteiger partial charge in [0.05, 0.1) is 6.61 Å². The lowest BCUT2D eigenvalue weighted by Gasteiger charge is -2.18. The summed E-state index contributed by atoms with van der Waals surface area (Å²) < 4.78 is 5.35. The fourth-order valence-corrected chi connectivity index (χ4v) is 2.13. The van der Waals surface area contributed by atoms with Crippen LogP contribution in [0.4, 0.5) is 5.69 Å². The molecule has 2 rings (SSSR count). The number of anilines is 1. The van der Waals surface area contributed by atoms with E-state index >= 15 is 0 Å². The molecular weight excluding hydrogens is 330 g/mol. The molecule has 1 heterocycles. The Balaban J connectivity index is 2.00. The Kier molecular flexibility index (Phi) is 6.33. The van der Waals surface area contributed by atoms with Gasteiger partial charge in [0.15, 0.2) is 0 Å². The van der Waals surface area contributed by atoms with Gasteiger partial charge in [0.25, 0.3) is 5.91 Å². The molecule has 1 aromatic carbocycles. The highest BCUT2D eigenvalue weighted by atomic mass is 16.5. The van der Waals surface area contributed by atoms with Crippen LogP contribution in [0.5, 0.6) is 5.88 Å². The van der Waals surface area contributed by atoms with Crippen molar-refractivity contribution < 1.29 is 14.3 Å². The van der Waals surface area contributed by atoms with Crippen LogP contribution < -0.4 is 15.4 Å². The molecule has 0 bridgehead atoms. The Labute approximate surface area is 154 Å². The predicted molar refractivity (Wildman–Crippen MR) is 101 cm³/mol. The molecular formula is C20H25N3O3. The number of aromatic nitrogens is 1. The third-order valence-electron chi connectivity index (χ3n) is 3.61. The standard InChI is InChI=1S/C20H25N3O3/c1-5-26-17-11-14(9-10-21-17)13-22-18(24)15-7-6-8-16(12-15)23-19(25)20(2,3)4/h6-12H,5,13H2,1-4H3,(H,22,24)(H,23,25). The van der Waals surface area contributed by atoms with Crippen molar-refractivity contribution in [2.24, 2.45) is 5.41 Å². The van der Waals surface area contributed by atoms with Crippen LogP contribution in [0.2, 0.25) is 0 Å². The van der Waals surface area contributed by atoms with Gasteiger partial charge >= 0.3 is 0 Å². The van der Waals surface area contributed by atoms with E-state index < -0.39 is 5.41 Å². The van der Waals surface area contributed by atoms with E-state index in [0.29, 0.717) is 30.3 Å². The summed E-state index contributed by atoms with van der Waals surface area (Å²) in [5.41, 5.74) is 1.47. The van der Waals surface area contributed by atoms with E-state index in [2.05, 4.69) is 15.6 Å². The molecule has 0 unspecified atom stereocenters. The Morgan fingerprint density at radius 2 is 1.92 bits per heavy atom. The van der Waals surface area contributed by atoms with Gasteiger partial charge in [0, 0.05) is 35.5 Å². The number of amides is 2. The van der Waals surface area contributed by atoms with Gasteiger partial charge in [-0.2, -0.15) is 0 Å². The van der Waals surface area contributed by atoms with Crippen LogP contribution in [-0.4, -0.2) is 23.4 Å². The first-order chi connectivity index (χ1) is 12.3. The van der Waals surface area contributed by atoms with Gasteiger partial charge in [-0.3, -0.25) is 9.59 Å². The van der Waals surface area contributed by atoms with E-state index in [1.807, 2.05) is 33.8 Å². The summed E-state index contributed by atoms with van der Waals surface area (Å²) in [6.45, 7) is 8.30. The Morgan fingerprint density at radius 1 is 1.15 bits per heavy atom. The summed E-state index contributed by atoms with van der Waals surface area (Å²) in [4.78, 5) is 28.6. The van der Waals surface area contributed by atoms with Crippen molar-refractivity contribution in [2.75, 3.05) is 11.9 Å². The number of pyridine rings is 1. The minimum Gasteiger partial charge on any atom is -0.478 e. The second-order valence-electron chi connectivity index (χ2n) is 6.90. The number of carbonyl (C=O) groups is 2. The van der Waals surface area contributed by atoms with Crippen molar-refractivity contribution >= 4 is 17.5 Å². The maximum atomic E-state index is 12.4. The molecule has 2 N–H and O–H groups in total. The molecule has 138 valence electrons. The van der Waals surface area contributed by atoms with E-state index in [1.54, 1.807) is 36.5 Å². The van der Waals surface area contributed by atoms with Gasteiger partial charge in [0.1, 0.15) is 0 Å². The van der Waals surface area contributed by atoms with E-state index in [4.69, 9.17) is 4.74 Å². The Bertz CT molecular complexity index is 782. The SMILES string of the molecule is CCOc1cc(CNC(=O)c2cccc(NC(=O)C(C)(C)C)c2)ccn1. The number of hydrogen-bond donors (Lipinski definition) is 2. The van der Waals surface area contributed by atoms with Gasteiger partial charge in [0.2, 0.25) is 11.8 Å². The van der Waals surface area contributed by atoms with Gasteiger partial charge in [-0.05, 0) is 36.8 Å². The van der Waals surface area contributed by atoms with Crippen molar-refractivity contribution in [1.82, 2.24) is 10.3 Å². The van der Waals surface area contributed by atoms with E-state index in [9.17, 15) is 9.59 Å². The summed E-state index contributed by atoms with van der Waals surface area (Å²) in [7, 11) is 0. The molecule has 0 saturated heterocycles. The Morgan fingerprint density at radius 3 is 2.62 bits per heavy atom. The second kappa shape index (κ2) is 8.47. The van der Waals surface area contributed by atoms with Crippen molar-refractivity contribution in [3.63, 3.8) is 0 Å². The van der Waals surface area contributed by atoms with Crippen LogP contribution in [0.25, 0.3) is 0 Å². The van der Waals surface area contributed by atoms with Crippen molar-refractivity contribution in [3.8, 4) is 5.88 Å². The maximum absolute atomic E-state index is 12.4. The van der Waals surface area contributed by atoms with E-state index in [1.165, 1.54) is 0 Å². The van der Waals surface area contributed by atoms with Crippen molar-refractivity contribution in [1.29, 1.82) is 0 Å². The maximum Gasteiger partial charge on any atom is 0.251 e. The minimum absolute atomic E-state index is 0.102. The number of carbonyl (C=O) groups excluding carboxylic acids is 2. The number of ether oxygens (including phenoxy) is 1. The first-order valence-electron chi connectivity index (χ1n) is 8.57. The second-order valence-corrected chi connectivity index (χ2v) is 6.90. The molecule has 1 aromatic heterocycles. The number of nitrogens with one attached hydrogen (secondary N) is 2. The molecule has 6 heteroatoms. The normalized spacial score (nSPS) is 10.9. The molecule has 2 amide bonds. The molecule has 0 atom stereocenters. The molecule has 0 spiro atoms. The van der Waals surface area contributed by atoms with Gasteiger partial charge < -0.3 is 15.4 Å². The lowest BCUT2D eigenvalue weighted by Crippen LogP contribution is -2.28. The monoisotopic (exact) mass is 355 g/mol. The van der Waals surface area contributed by atoms with Crippen molar-refractivity contribution in [2.45, 2.75) is 34.2 Å². The number of rotatable bonds is 6. The summed E-state index contributed by atoms with van der Waals surface area (Å²) >= 11 is 0. The molecule has 0 radical (unpaired) electrons. The summed E-state index contributed by atoms with van der Waals surface area (Å²) in [5.74, 6) is 0.216. The van der Waals surface area contributed by atoms with Crippen LogP contribution in [0.3, 0.4) is 0 Å². The molecule has 6 nitrogen and oxygen atoms in total. The Hall–Kier alpha value is -2.89. The zero-order valence-corrected chi connectivity index (χ0v) is 15.6. The molecule has 0 fully saturated rings. The van der Waals surface area contributed by atoms with Gasteiger partial charge in [-0.1, -0.05) is 26.8 Å². The summed E-state index contributed by atoms with van der Waals surface area (Å²) in [5, 5.41) is 5.69. The number of nitrogens with zero attached hydrogens (tertiary/aromatic N) is 1. The highest BCUT2D eigenvalue weighted by molar-refractivity contribution is 5.98. The summed E-state index contributed by atoms with van der Waals surface area (Å²) in [6, 6.07) is 10.5. The fourth-order valence-electron chi connectivity index (χ4n) is 2.13.